The van der Waals surface area contributed by atoms with Gasteiger partial charge in [0.15, 0.2) is 0 Å². The predicted molar refractivity (Wildman–Crippen MR) is 133 cm³/mol. The molecular weight excluding hydrogens is 473 g/mol. The molecule has 0 bridgehead atoms. The zero-order valence-corrected chi connectivity index (χ0v) is 20.9. The van der Waals surface area contributed by atoms with Crippen molar-refractivity contribution < 1.29 is 19.1 Å². The number of carbonyl (C=O) groups excluding carboxylic acids is 2. The van der Waals surface area contributed by atoms with Gasteiger partial charge in [0.25, 0.3) is 0 Å². The van der Waals surface area contributed by atoms with Crippen LogP contribution in [-0.4, -0.2) is 25.2 Å². The van der Waals surface area contributed by atoms with Crippen LogP contribution in [0.5, 0.6) is 0 Å². The second kappa shape index (κ2) is 11.0. The lowest BCUT2D eigenvalue weighted by Gasteiger charge is -2.30. The number of carbonyl (C=O) groups is 2. The summed E-state index contributed by atoms with van der Waals surface area (Å²) in [5, 5.41) is 4.00. The lowest BCUT2D eigenvalue weighted by molar-refractivity contribution is -0.143. The minimum absolute atomic E-state index is 0.392. The number of alkyl carbamates (subject to hydrolysis) is 1. The molecule has 0 saturated heterocycles. The van der Waals surface area contributed by atoms with Crippen LogP contribution < -0.4 is 5.32 Å². The van der Waals surface area contributed by atoms with Gasteiger partial charge in [-0.25, -0.2) is 9.59 Å². The zero-order valence-electron chi connectivity index (χ0n) is 19.4. The molecule has 5 nitrogen and oxygen atoms in total. The molecule has 4 rings (SSSR count). The minimum atomic E-state index is -0.734. The molecule has 0 heterocycles. The maximum atomic E-state index is 13.2. The third-order valence-electron chi connectivity index (χ3n) is 7.14. The summed E-state index contributed by atoms with van der Waals surface area (Å²) in [5.41, 5.74) is 1.43. The van der Waals surface area contributed by atoms with Gasteiger partial charge in [-0.05, 0) is 60.6 Å². The van der Waals surface area contributed by atoms with E-state index in [1.807, 2.05) is 42.5 Å². The molecule has 0 aromatic heterocycles. The lowest BCUT2D eigenvalue weighted by Crippen LogP contribution is -2.44. The molecule has 1 N–H and O–H groups in total. The molecule has 2 aromatic rings. The Morgan fingerprint density at radius 3 is 2.32 bits per heavy atom. The van der Waals surface area contributed by atoms with E-state index >= 15 is 0 Å². The van der Waals surface area contributed by atoms with Crippen molar-refractivity contribution in [3.8, 4) is 0 Å². The number of hydrogen-bond acceptors (Lipinski definition) is 4. The van der Waals surface area contributed by atoms with Gasteiger partial charge >= 0.3 is 12.1 Å². The van der Waals surface area contributed by atoms with Gasteiger partial charge in [-0.2, -0.15) is 0 Å². The summed E-state index contributed by atoms with van der Waals surface area (Å²) in [6, 6.07) is 14.3. The molecular formula is C27H31Cl2NO4. The summed E-state index contributed by atoms with van der Waals surface area (Å²) < 4.78 is 11.0. The van der Waals surface area contributed by atoms with Crippen LogP contribution in [0.25, 0.3) is 0 Å². The topological polar surface area (TPSA) is 64.6 Å². The van der Waals surface area contributed by atoms with Gasteiger partial charge in [0, 0.05) is 15.5 Å². The number of halogens is 2. The highest BCUT2D eigenvalue weighted by Crippen LogP contribution is 2.58. The van der Waals surface area contributed by atoms with Crippen LogP contribution in [-0.2, 0) is 19.7 Å². The Labute approximate surface area is 211 Å². The van der Waals surface area contributed by atoms with Crippen molar-refractivity contribution in [2.24, 2.45) is 5.92 Å². The molecule has 7 heteroatoms. The number of hydrogen-bond donors (Lipinski definition) is 1. The van der Waals surface area contributed by atoms with Crippen molar-refractivity contribution in [1.29, 1.82) is 0 Å². The summed E-state index contributed by atoms with van der Waals surface area (Å²) in [6.07, 6.45) is 6.71. The highest BCUT2D eigenvalue weighted by atomic mass is 35.5. The molecule has 0 aliphatic heterocycles. The maximum absolute atomic E-state index is 13.2. The second-order valence-electron chi connectivity index (χ2n) is 9.47. The molecule has 2 aliphatic carbocycles. The molecule has 182 valence electrons. The average Bonchev–Trinajstić information content (AvgIpc) is 3.64. The van der Waals surface area contributed by atoms with E-state index < -0.39 is 29.6 Å². The highest BCUT2D eigenvalue weighted by Gasteiger charge is 2.53. The molecule has 2 fully saturated rings. The van der Waals surface area contributed by atoms with Crippen molar-refractivity contribution >= 4 is 35.3 Å². The fourth-order valence-corrected chi connectivity index (χ4v) is 5.59. The number of nitrogens with one attached hydrogen (secondary N) is 1. The third kappa shape index (κ3) is 5.87. The largest absolute Gasteiger partial charge is 0.467 e. The van der Waals surface area contributed by atoms with Crippen LogP contribution in [0.1, 0.15) is 68.6 Å². The number of benzene rings is 2. The van der Waals surface area contributed by atoms with Crippen molar-refractivity contribution in [3.63, 3.8) is 0 Å². The fraction of sp³-hybridized carbons (Fsp3) is 0.481. The fourth-order valence-electron chi connectivity index (χ4n) is 5.20. The number of rotatable bonds is 8. The zero-order chi connectivity index (χ0) is 24.1. The second-order valence-corrected chi connectivity index (χ2v) is 10.3. The van der Waals surface area contributed by atoms with E-state index in [4.69, 9.17) is 32.7 Å². The van der Waals surface area contributed by atoms with Crippen LogP contribution in [0.3, 0.4) is 0 Å². The van der Waals surface area contributed by atoms with E-state index in [1.54, 1.807) is 6.07 Å². The first kappa shape index (κ1) is 24.9. The molecule has 2 atom stereocenters. The van der Waals surface area contributed by atoms with Crippen molar-refractivity contribution in [1.82, 2.24) is 5.32 Å². The lowest BCUT2D eigenvalue weighted by atomic mass is 9.85. The Bertz CT molecular complexity index is 1020. The van der Waals surface area contributed by atoms with Crippen LogP contribution in [0.4, 0.5) is 4.79 Å². The van der Waals surface area contributed by atoms with E-state index in [9.17, 15) is 9.59 Å². The molecule has 0 spiro atoms. The average molecular weight is 504 g/mol. The number of ether oxygens (including phenoxy) is 2. The molecule has 34 heavy (non-hydrogen) atoms. The minimum Gasteiger partial charge on any atom is -0.467 e. The van der Waals surface area contributed by atoms with Crippen LogP contribution in [0.2, 0.25) is 10.0 Å². The van der Waals surface area contributed by atoms with Gasteiger partial charge in [0.05, 0.1) is 7.11 Å². The Morgan fingerprint density at radius 2 is 1.71 bits per heavy atom. The normalized spacial score (nSPS) is 19.0. The van der Waals surface area contributed by atoms with Crippen LogP contribution in [0.15, 0.2) is 48.5 Å². The summed E-state index contributed by atoms with van der Waals surface area (Å²) in [4.78, 5) is 25.6. The molecule has 1 amide bonds. The Kier molecular flexibility index (Phi) is 8.05. The Morgan fingerprint density at radius 1 is 1.03 bits per heavy atom. The van der Waals surface area contributed by atoms with Crippen molar-refractivity contribution in [3.05, 3.63) is 69.7 Å². The maximum Gasteiger partial charge on any atom is 0.408 e. The summed E-state index contributed by atoms with van der Waals surface area (Å²) in [5.74, 6) is -0.0547. The van der Waals surface area contributed by atoms with Gasteiger partial charge in [0.2, 0.25) is 0 Å². The standard InChI is InChI=1S/C27H31Cl2NO4/c1-33-25(31)23(15-18-7-3-2-4-8-18)30-26(32)34-24(19-9-5-11-21(28)16-19)27(13-14-27)20-10-6-12-22(29)17-20/h5-6,9-12,16-18,23-24H,2-4,7-8,13-15H2,1H3,(H,30,32)/t23-,24?/m0/s1. The van der Waals surface area contributed by atoms with Crippen molar-refractivity contribution in [2.75, 3.05) is 7.11 Å². The monoisotopic (exact) mass is 503 g/mol. The third-order valence-corrected chi connectivity index (χ3v) is 7.61. The first-order chi connectivity index (χ1) is 16.4. The van der Waals surface area contributed by atoms with E-state index in [1.165, 1.54) is 13.5 Å². The number of methoxy groups -OCH3 is 1. The number of esters is 1. The van der Waals surface area contributed by atoms with Gasteiger partial charge in [-0.15, -0.1) is 0 Å². The first-order valence-electron chi connectivity index (χ1n) is 12.0. The van der Waals surface area contributed by atoms with Gasteiger partial charge in [-0.3, -0.25) is 0 Å². The van der Waals surface area contributed by atoms with Crippen LogP contribution in [0, 0.1) is 5.92 Å². The SMILES string of the molecule is COC(=O)[C@H](CC1CCCCC1)NC(=O)OC(c1cccc(Cl)c1)C1(c2cccc(Cl)c2)CC1. The predicted octanol–water partition coefficient (Wildman–Crippen LogP) is 7.00. The van der Waals surface area contributed by atoms with E-state index in [0.717, 1.165) is 49.7 Å². The Hall–Kier alpha value is -2.24. The van der Waals surface area contributed by atoms with Gasteiger partial charge in [0.1, 0.15) is 12.1 Å². The molecule has 2 aromatic carbocycles. The van der Waals surface area contributed by atoms with Crippen LogP contribution >= 0.6 is 23.2 Å². The summed E-state index contributed by atoms with van der Waals surface area (Å²) >= 11 is 12.6. The first-order valence-corrected chi connectivity index (χ1v) is 12.7. The van der Waals surface area contributed by atoms with Gasteiger partial charge in [-0.1, -0.05) is 79.6 Å². The summed E-state index contributed by atoms with van der Waals surface area (Å²) in [7, 11) is 1.34. The molecule has 1 unspecified atom stereocenters. The Balaban J connectivity index is 1.56. The quantitative estimate of drug-likeness (QED) is 0.393. The van der Waals surface area contributed by atoms with Gasteiger partial charge < -0.3 is 14.8 Å². The number of amides is 1. The van der Waals surface area contributed by atoms with E-state index in [0.29, 0.717) is 22.4 Å². The molecule has 0 radical (unpaired) electrons. The highest BCUT2D eigenvalue weighted by molar-refractivity contribution is 6.31. The molecule has 2 saturated carbocycles. The summed E-state index contributed by atoms with van der Waals surface area (Å²) in [6.45, 7) is 0. The molecule has 2 aliphatic rings. The van der Waals surface area contributed by atoms with Crippen molar-refractivity contribution in [2.45, 2.75) is 68.9 Å². The van der Waals surface area contributed by atoms with E-state index in [-0.39, 0.29) is 0 Å². The van der Waals surface area contributed by atoms with E-state index in [2.05, 4.69) is 5.32 Å². The smallest absolute Gasteiger partial charge is 0.408 e.